The monoisotopic (exact) mass is 281 g/mol. The smallest absolute Gasteiger partial charge is 0.223 e. The van der Waals surface area contributed by atoms with Gasteiger partial charge in [0.15, 0.2) is 0 Å². The highest BCUT2D eigenvalue weighted by Gasteiger charge is 2.26. The molecule has 1 amide bonds. The van der Waals surface area contributed by atoms with Gasteiger partial charge in [-0.05, 0) is 70.6 Å². The van der Waals surface area contributed by atoms with Gasteiger partial charge in [0.2, 0.25) is 5.91 Å². The summed E-state index contributed by atoms with van der Waals surface area (Å²) in [5, 5.41) is 3.14. The van der Waals surface area contributed by atoms with Crippen LogP contribution in [0, 0.1) is 11.8 Å². The summed E-state index contributed by atoms with van der Waals surface area (Å²) in [6, 6.07) is 0. The molecule has 116 valence electrons. The van der Waals surface area contributed by atoms with E-state index in [0.29, 0.717) is 5.92 Å². The van der Waals surface area contributed by atoms with Crippen LogP contribution in [0.15, 0.2) is 0 Å². The van der Waals surface area contributed by atoms with E-state index in [9.17, 15) is 4.79 Å². The zero-order valence-corrected chi connectivity index (χ0v) is 12.8. The number of hydrogen-bond acceptors (Lipinski definition) is 3. The van der Waals surface area contributed by atoms with Crippen LogP contribution in [0.1, 0.15) is 51.4 Å². The van der Waals surface area contributed by atoms with Crippen molar-refractivity contribution in [1.29, 1.82) is 0 Å². The summed E-state index contributed by atoms with van der Waals surface area (Å²) in [7, 11) is 0. The molecule has 20 heavy (non-hydrogen) atoms. The molecule has 0 aromatic rings. The molecule has 0 spiro atoms. The van der Waals surface area contributed by atoms with Crippen molar-refractivity contribution in [1.82, 2.24) is 10.2 Å². The van der Waals surface area contributed by atoms with Crippen LogP contribution in [0.25, 0.3) is 0 Å². The number of carbonyl (C=O) groups is 1. The first-order valence-electron chi connectivity index (χ1n) is 8.49. The van der Waals surface area contributed by atoms with E-state index in [0.717, 1.165) is 45.3 Å². The minimum atomic E-state index is 0.243. The first-order valence-corrected chi connectivity index (χ1v) is 8.49. The highest BCUT2D eigenvalue weighted by molar-refractivity contribution is 5.78. The Hall–Kier alpha value is -0.610. The molecule has 2 aliphatic rings. The molecule has 0 radical (unpaired) electrons. The van der Waals surface area contributed by atoms with E-state index in [1.807, 2.05) is 0 Å². The molecule has 0 aromatic carbocycles. The van der Waals surface area contributed by atoms with Gasteiger partial charge in [-0.3, -0.25) is 4.79 Å². The first-order chi connectivity index (χ1) is 9.79. The van der Waals surface area contributed by atoms with Gasteiger partial charge in [-0.2, -0.15) is 0 Å². The van der Waals surface area contributed by atoms with Gasteiger partial charge in [-0.1, -0.05) is 12.8 Å². The van der Waals surface area contributed by atoms with Crippen LogP contribution >= 0.6 is 0 Å². The largest absolute Gasteiger partial charge is 0.356 e. The highest BCUT2D eigenvalue weighted by atomic mass is 16.1. The number of likely N-dealkylation sites (tertiary alicyclic amines) is 1. The van der Waals surface area contributed by atoms with Gasteiger partial charge in [0, 0.05) is 12.5 Å². The maximum atomic E-state index is 12.2. The molecule has 3 N–H and O–H groups in total. The maximum Gasteiger partial charge on any atom is 0.223 e. The van der Waals surface area contributed by atoms with Gasteiger partial charge in [0.05, 0.1) is 0 Å². The molecule has 0 aromatic heterocycles. The van der Waals surface area contributed by atoms with Crippen molar-refractivity contribution in [2.24, 2.45) is 17.6 Å². The average Bonchev–Trinajstić information content (AvgIpc) is 2.97. The first kappa shape index (κ1) is 15.8. The molecule has 4 nitrogen and oxygen atoms in total. The van der Waals surface area contributed by atoms with Crippen molar-refractivity contribution < 1.29 is 4.79 Å². The summed E-state index contributed by atoms with van der Waals surface area (Å²) in [6.07, 6.45) is 9.43. The highest BCUT2D eigenvalue weighted by Crippen LogP contribution is 2.30. The Morgan fingerprint density at radius 1 is 1.20 bits per heavy atom. The number of carbonyl (C=O) groups excluding carboxylic acids is 1. The lowest BCUT2D eigenvalue weighted by atomic mass is 9.79. The molecular formula is C16H31N3O. The van der Waals surface area contributed by atoms with Gasteiger partial charge in [-0.25, -0.2) is 0 Å². The Balaban J connectivity index is 1.58. The van der Waals surface area contributed by atoms with Gasteiger partial charge in [0.25, 0.3) is 0 Å². The van der Waals surface area contributed by atoms with E-state index < -0.39 is 0 Å². The zero-order chi connectivity index (χ0) is 14.2. The van der Waals surface area contributed by atoms with Gasteiger partial charge < -0.3 is 16.0 Å². The number of rotatable bonds is 7. The summed E-state index contributed by atoms with van der Waals surface area (Å²) in [6.45, 7) is 5.23. The molecular weight excluding hydrogens is 250 g/mol. The SMILES string of the molecule is NCCC1CCCC(C(=O)NCCCN2CCCC2)C1. The predicted octanol–water partition coefficient (Wildman–Crippen LogP) is 1.74. The standard InChI is InChI=1S/C16H31N3O/c17-8-7-14-5-3-6-15(13-14)16(20)18-9-4-12-19-10-1-2-11-19/h14-15H,1-13,17H2,(H,18,20). The normalized spacial score (nSPS) is 27.6. The third-order valence-corrected chi connectivity index (χ3v) is 4.88. The van der Waals surface area contributed by atoms with Crippen LogP contribution in [-0.4, -0.2) is 43.5 Å². The minimum absolute atomic E-state index is 0.243. The fourth-order valence-corrected chi connectivity index (χ4v) is 3.69. The quantitative estimate of drug-likeness (QED) is 0.699. The summed E-state index contributed by atoms with van der Waals surface area (Å²) in [4.78, 5) is 14.7. The molecule has 2 rings (SSSR count). The number of nitrogens with two attached hydrogens (primary N) is 1. The Morgan fingerprint density at radius 3 is 2.75 bits per heavy atom. The van der Waals surface area contributed by atoms with Crippen LogP contribution in [0.5, 0.6) is 0 Å². The topological polar surface area (TPSA) is 58.4 Å². The van der Waals surface area contributed by atoms with Crippen LogP contribution < -0.4 is 11.1 Å². The second-order valence-electron chi connectivity index (χ2n) is 6.50. The molecule has 1 heterocycles. The van der Waals surface area contributed by atoms with Crippen LogP contribution in [0.3, 0.4) is 0 Å². The molecule has 1 aliphatic heterocycles. The van der Waals surface area contributed by atoms with Gasteiger partial charge in [0.1, 0.15) is 0 Å². The lowest BCUT2D eigenvalue weighted by molar-refractivity contribution is -0.126. The Bertz CT molecular complexity index is 287. The van der Waals surface area contributed by atoms with Crippen LogP contribution in [0.2, 0.25) is 0 Å². The molecule has 2 fully saturated rings. The van der Waals surface area contributed by atoms with Crippen molar-refractivity contribution in [2.75, 3.05) is 32.7 Å². The fourth-order valence-electron chi connectivity index (χ4n) is 3.69. The molecule has 1 saturated carbocycles. The van der Waals surface area contributed by atoms with Crippen LogP contribution in [0.4, 0.5) is 0 Å². The van der Waals surface area contributed by atoms with Crippen molar-refractivity contribution in [2.45, 2.75) is 51.4 Å². The second-order valence-corrected chi connectivity index (χ2v) is 6.50. The number of nitrogens with zero attached hydrogens (tertiary/aromatic N) is 1. The Labute approximate surface area is 123 Å². The third-order valence-electron chi connectivity index (χ3n) is 4.88. The van der Waals surface area contributed by atoms with Crippen LogP contribution in [-0.2, 0) is 4.79 Å². The summed E-state index contributed by atoms with van der Waals surface area (Å²) in [5.74, 6) is 1.20. The molecule has 2 unspecified atom stereocenters. The maximum absolute atomic E-state index is 12.2. The summed E-state index contributed by atoms with van der Waals surface area (Å²) < 4.78 is 0. The van der Waals surface area contributed by atoms with Crippen molar-refractivity contribution >= 4 is 5.91 Å². The second kappa shape index (κ2) is 8.63. The molecule has 4 heteroatoms. The van der Waals surface area contributed by atoms with Crippen molar-refractivity contribution in [3.63, 3.8) is 0 Å². The van der Waals surface area contributed by atoms with E-state index >= 15 is 0 Å². The number of hydrogen-bond donors (Lipinski definition) is 2. The van der Waals surface area contributed by atoms with Gasteiger partial charge in [-0.15, -0.1) is 0 Å². The fraction of sp³-hybridized carbons (Fsp3) is 0.938. The van der Waals surface area contributed by atoms with Gasteiger partial charge >= 0.3 is 0 Å². The molecule has 0 bridgehead atoms. The predicted molar refractivity (Wildman–Crippen MR) is 82.4 cm³/mol. The van der Waals surface area contributed by atoms with Crippen molar-refractivity contribution in [3.05, 3.63) is 0 Å². The molecule has 1 aliphatic carbocycles. The van der Waals surface area contributed by atoms with E-state index in [-0.39, 0.29) is 11.8 Å². The Morgan fingerprint density at radius 2 is 2.00 bits per heavy atom. The van der Waals surface area contributed by atoms with E-state index in [4.69, 9.17) is 5.73 Å². The minimum Gasteiger partial charge on any atom is -0.356 e. The third kappa shape index (κ3) is 5.06. The van der Waals surface area contributed by atoms with E-state index in [1.165, 1.54) is 38.8 Å². The summed E-state index contributed by atoms with van der Waals surface area (Å²) >= 11 is 0. The lowest BCUT2D eigenvalue weighted by Crippen LogP contribution is -2.35. The van der Waals surface area contributed by atoms with E-state index in [1.54, 1.807) is 0 Å². The van der Waals surface area contributed by atoms with E-state index in [2.05, 4.69) is 10.2 Å². The Kier molecular flexibility index (Phi) is 6.80. The number of amides is 1. The summed E-state index contributed by atoms with van der Waals surface area (Å²) in [5.41, 5.74) is 5.63. The zero-order valence-electron chi connectivity index (χ0n) is 12.8. The molecule has 1 saturated heterocycles. The molecule has 2 atom stereocenters. The average molecular weight is 281 g/mol. The lowest BCUT2D eigenvalue weighted by Gasteiger charge is -2.28. The van der Waals surface area contributed by atoms with Crippen molar-refractivity contribution in [3.8, 4) is 0 Å². The number of nitrogens with one attached hydrogen (secondary N) is 1.